The first-order valence-electron chi connectivity index (χ1n) is 10.8. The Bertz CT molecular complexity index is 1290. The first-order chi connectivity index (χ1) is 16.2. The van der Waals surface area contributed by atoms with Gasteiger partial charge in [0.1, 0.15) is 15.5 Å². The minimum atomic E-state index is -3.93. The highest BCUT2D eigenvalue weighted by atomic mass is 32.2. The van der Waals surface area contributed by atoms with Gasteiger partial charge in [0.25, 0.3) is 21.8 Å². The summed E-state index contributed by atoms with van der Waals surface area (Å²) >= 11 is 1.07. The SMILES string of the molecule is Cc1ccc(NS(=O)(=O)c2ccsc2C(=O)NC2CCN(C(=O)c3ccccc3O)CC2)cc1. The van der Waals surface area contributed by atoms with Gasteiger partial charge in [-0.15, -0.1) is 11.3 Å². The van der Waals surface area contributed by atoms with Crippen molar-refractivity contribution in [2.45, 2.75) is 30.7 Å². The van der Waals surface area contributed by atoms with Crippen LogP contribution >= 0.6 is 11.3 Å². The van der Waals surface area contributed by atoms with Gasteiger partial charge in [0.2, 0.25) is 0 Å². The van der Waals surface area contributed by atoms with Crippen LogP contribution in [-0.4, -0.2) is 49.4 Å². The number of anilines is 1. The maximum absolute atomic E-state index is 12.9. The van der Waals surface area contributed by atoms with Gasteiger partial charge in [0.15, 0.2) is 0 Å². The molecule has 0 unspecified atom stereocenters. The highest BCUT2D eigenvalue weighted by Gasteiger charge is 2.29. The lowest BCUT2D eigenvalue weighted by atomic mass is 10.0. The number of carbonyl (C=O) groups excluding carboxylic acids is 2. The fraction of sp³-hybridized carbons (Fsp3) is 0.250. The molecule has 3 N–H and O–H groups in total. The van der Waals surface area contributed by atoms with E-state index in [0.717, 1.165) is 16.9 Å². The van der Waals surface area contributed by atoms with Crippen molar-refractivity contribution in [3.8, 4) is 5.75 Å². The lowest BCUT2D eigenvalue weighted by molar-refractivity contribution is 0.0695. The zero-order valence-corrected chi connectivity index (χ0v) is 20.2. The number of rotatable bonds is 6. The van der Waals surface area contributed by atoms with Gasteiger partial charge < -0.3 is 15.3 Å². The van der Waals surface area contributed by atoms with Crippen LogP contribution in [0.25, 0.3) is 0 Å². The van der Waals surface area contributed by atoms with Gasteiger partial charge in [-0.1, -0.05) is 29.8 Å². The molecule has 8 nitrogen and oxygen atoms in total. The molecule has 4 rings (SSSR count). The summed E-state index contributed by atoms with van der Waals surface area (Å²) in [5.41, 5.74) is 1.68. The fourth-order valence-corrected chi connectivity index (χ4v) is 6.20. The third kappa shape index (κ3) is 5.23. The molecule has 3 aromatic rings. The van der Waals surface area contributed by atoms with Crippen LogP contribution < -0.4 is 10.0 Å². The molecule has 1 aliphatic heterocycles. The van der Waals surface area contributed by atoms with E-state index in [1.807, 2.05) is 6.92 Å². The van der Waals surface area contributed by atoms with Crippen LogP contribution in [0.15, 0.2) is 64.9 Å². The number of piperidine rings is 1. The van der Waals surface area contributed by atoms with Crippen molar-refractivity contribution >= 4 is 38.9 Å². The van der Waals surface area contributed by atoms with E-state index in [-0.39, 0.29) is 33.0 Å². The molecule has 1 aromatic heterocycles. The number of hydrogen-bond donors (Lipinski definition) is 3. The van der Waals surface area contributed by atoms with Crippen LogP contribution in [0.3, 0.4) is 0 Å². The first kappa shape index (κ1) is 23.8. The number of nitrogens with one attached hydrogen (secondary N) is 2. The Morgan fingerprint density at radius 3 is 2.38 bits per heavy atom. The van der Waals surface area contributed by atoms with Crippen molar-refractivity contribution in [3.63, 3.8) is 0 Å². The Morgan fingerprint density at radius 2 is 1.71 bits per heavy atom. The number of aromatic hydroxyl groups is 1. The molecular weight excluding hydrogens is 474 g/mol. The molecule has 2 aromatic carbocycles. The number of phenolic OH excluding ortho intramolecular Hbond substituents is 1. The van der Waals surface area contributed by atoms with Crippen LogP contribution in [0, 0.1) is 6.92 Å². The van der Waals surface area contributed by atoms with E-state index in [1.165, 1.54) is 12.1 Å². The molecule has 0 bridgehead atoms. The largest absolute Gasteiger partial charge is 0.507 e. The van der Waals surface area contributed by atoms with Crippen molar-refractivity contribution in [3.05, 3.63) is 76.0 Å². The van der Waals surface area contributed by atoms with Crippen LogP contribution in [0.2, 0.25) is 0 Å². The molecule has 1 aliphatic rings. The van der Waals surface area contributed by atoms with Gasteiger partial charge in [-0.3, -0.25) is 14.3 Å². The summed E-state index contributed by atoms with van der Waals surface area (Å²) < 4.78 is 28.3. The zero-order valence-electron chi connectivity index (χ0n) is 18.5. The Labute approximate surface area is 202 Å². The van der Waals surface area contributed by atoms with Crippen LogP contribution in [0.5, 0.6) is 5.75 Å². The molecule has 1 saturated heterocycles. The van der Waals surface area contributed by atoms with Gasteiger partial charge in [-0.2, -0.15) is 0 Å². The van der Waals surface area contributed by atoms with Gasteiger partial charge in [0.05, 0.1) is 5.56 Å². The summed E-state index contributed by atoms with van der Waals surface area (Å²) in [6, 6.07) is 14.6. The van der Waals surface area contributed by atoms with E-state index in [0.29, 0.717) is 31.6 Å². The molecule has 0 radical (unpaired) electrons. The topological polar surface area (TPSA) is 116 Å². The summed E-state index contributed by atoms with van der Waals surface area (Å²) in [6.07, 6.45) is 1.06. The quantitative estimate of drug-likeness (QED) is 0.479. The molecule has 2 amide bonds. The minimum Gasteiger partial charge on any atom is -0.507 e. The van der Waals surface area contributed by atoms with Gasteiger partial charge >= 0.3 is 0 Å². The van der Waals surface area contributed by atoms with Crippen LogP contribution in [-0.2, 0) is 10.0 Å². The Balaban J connectivity index is 1.38. The van der Waals surface area contributed by atoms with E-state index in [2.05, 4.69) is 10.0 Å². The van der Waals surface area contributed by atoms with Gasteiger partial charge in [-0.05, 0) is 55.5 Å². The number of aryl methyl sites for hydroxylation is 1. The molecule has 34 heavy (non-hydrogen) atoms. The molecular formula is C24H25N3O5S2. The number of sulfonamides is 1. The molecule has 0 saturated carbocycles. The molecule has 0 atom stereocenters. The number of amides is 2. The summed E-state index contributed by atoms with van der Waals surface area (Å²) in [5, 5.41) is 14.4. The summed E-state index contributed by atoms with van der Waals surface area (Å²) in [6.45, 7) is 2.75. The number of likely N-dealkylation sites (tertiary alicyclic amines) is 1. The Kier molecular flexibility index (Phi) is 6.90. The standard InChI is InChI=1S/C24H25N3O5S2/c1-16-6-8-18(9-7-16)26-34(31,32)21-12-15-33-22(21)23(29)25-17-10-13-27(14-11-17)24(30)19-4-2-3-5-20(19)28/h2-9,12,15,17,26,28H,10-11,13-14H2,1H3,(H,25,29). The summed E-state index contributed by atoms with van der Waals surface area (Å²) in [4.78, 5) is 27.3. The van der Waals surface area contributed by atoms with Crippen molar-refractivity contribution in [1.82, 2.24) is 10.2 Å². The van der Waals surface area contributed by atoms with Crippen LogP contribution in [0.4, 0.5) is 5.69 Å². The molecule has 1 fully saturated rings. The van der Waals surface area contributed by atoms with E-state index >= 15 is 0 Å². The van der Waals surface area contributed by atoms with Crippen molar-refractivity contribution < 1.29 is 23.1 Å². The van der Waals surface area contributed by atoms with Gasteiger partial charge in [0, 0.05) is 24.8 Å². The Morgan fingerprint density at radius 1 is 1.03 bits per heavy atom. The minimum absolute atomic E-state index is 0.0615. The highest BCUT2D eigenvalue weighted by Crippen LogP contribution is 2.26. The molecule has 10 heteroatoms. The second-order valence-corrected chi connectivity index (χ2v) is 10.7. The lowest BCUT2D eigenvalue weighted by Crippen LogP contribution is -2.46. The maximum Gasteiger partial charge on any atom is 0.263 e. The number of benzene rings is 2. The fourth-order valence-electron chi connectivity index (χ4n) is 3.81. The summed E-state index contributed by atoms with van der Waals surface area (Å²) in [5.74, 6) is -0.768. The van der Waals surface area contributed by atoms with E-state index in [4.69, 9.17) is 0 Å². The molecule has 0 aliphatic carbocycles. The van der Waals surface area contributed by atoms with Crippen molar-refractivity contribution in [1.29, 1.82) is 0 Å². The van der Waals surface area contributed by atoms with Crippen molar-refractivity contribution in [2.75, 3.05) is 17.8 Å². The van der Waals surface area contributed by atoms with E-state index in [1.54, 1.807) is 52.7 Å². The number of carbonyl (C=O) groups is 2. The number of hydrogen-bond acceptors (Lipinski definition) is 6. The average Bonchev–Trinajstić information content (AvgIpc) is 3.32. The van der Waals surface area contributed by atoms with E-state index in [9.17, 15) is 23.1 Å². The Hall–Kier alpha value is -3.37. The highest BCUT2D eigenvalue weighted by molar-refractivity contribution is 7.93. The first-order valence-corrected chi connectivity index (χ1v) is 13.2. The summed E-state index contributed by atoms with van der Waals surface area (Å²) in [7, 11) is -3.93. The predicted octanol–water partition coefficient (Wildman–Crippen LogP) is 3.60. The smallest absolute Gasteiger partial charge is 0.263 e. The van der Waals surface area contributed by atoms with E-state index < -0.39 is 15.9 Å². The van der Waals surface area contributed by atoms with Crippen molar-refractivity contribution in [2.24, 2.45) is 0 Å². The number of para-hydroxylation sites is 1. The monoisotopic (exact) mass is 499 g/mol. The third-order valence-corrected chi connectivity index (χ3v) is 8.15. The third-order valence-electron chi connectivity index (χ3n) is 5.68. The molecule has 2 heterocycles. The van der Waals surface area contributed by atoms with Gasteiger partial charge in [-0.25, -0.2) is 8.42 Å². The number of phenols is 1. The molecule has 178 valence electrons. The lowest BCUT2D eigenvalue weighted by Gasteiger charge is -2.32. The normalized spacial score (nSPS) is 14.6. The molecule has 0 spiro atoms. The second-order valence-electron chi connectivity index (χ2n) is 8.14. The second kappa shape index (κ2) is 9.86. The maximum atomic E-state index is 12.9. The predicted molar refractivity (Wildman–Crippen MR) is 131 cm³/mol. The number of thiophene rings is 1. The van der Waals surface area contributed by atoms with Crippen LogP contribution in [0.1, 0.15) is 38.4 Å². The average molecular weight is 500 g/mol. The zero-order chi connectivity index (χ0) is 24.3. The number of nitrogens with zero attached hydrogens (tertiary/aromatic N) is 1.